The quantitative estimate of drug-likeness (QED) is 0.187. The Balaban J connectivity index is 0.000000200. The maximum Gasteiger partial charge on any atom is 2.00 e. The summed E-state index contributed by atoms with van der Waals surface area (Å²) in [5.74, 6) is 0. The zero-order chi connectivity index (χ0) is 19.6. The van der Waals surface area contributed by atoms with E-state index in [2.05, 4.69) is 110 Å². The fourth-order valence-electron chi connectivity index (χ4n) is 2.73. The molecule has 0 saturated carbocycles. The monoisotopic (exact) mass is 504 g/mol. The molecule has 0 radical (unpaired) electrons. The van der Waals surface area contributed by atoms with Crippen LogP contribution in [0.4, 0.5) is 0 Å². The third kappa shape index (κ3) is 7.30. The molecule has 4 aromatic rings. The zero-order valence-corrected chi connectivity index (χ0v) is 19.5. The summed E-state index contributed by atoms with van der Waals surface area (Å²) in [6, 6.07) is 41.9. The Kier molecular flexibility index (Phi) is 10.5. The van der Waals surface area contributed by atoms with Crippen molar-refractivity contribution in [3.8, 4) is 0 Å². The van der Waals surface area contributed by atoms with E-state index in [4.69, 9.17) is 0 Å². The van der Waals surface area contributed by atoms with Crippen molar-refractivity contribution < 1.29 is 20.4 Å². The van der Waals surface area contributed by atoms with E-state index in [-0.39, 0.29) is 20.4 Å². The molecule has 29 heavy (non-hydrogen) atoms. The molecule has 0 aliphatic heterocycles. The molecular weight excluding hydrogens is 481 g/mol. The van der Waals surface area contributed by atoms with Crippen LogP contribution >= 0.6 is 15.8 Å². The fraction of sp³-hybridized carbons (Fsp3) is 0. The topological polar surface area (TPSA) is 0 Å². The van der Waals surface area contributed by atoms with Crippen molar-refractivity contribution in [2.75, 3.05) is 0 Å². The Bertz CT molecular complexity index is 769. The molecule has 0 heterocycles. The predicted octanol–water partition coefficient (Wildman–Crippen LogP) is 5.82. The van der Waals surface area contributed by atoms with Crippen LogP contribution in [0.15, 0.2) is 121 Å². The SMILES string of the molecule is [CH2-]P(c1ccccc1)c1ccccc1.[CH2-]P(c1ccccc1)c1ccccc1.[Pd+2]. The van der Waals surface area contributed by atoms with Gasteiger partial charge in [-0.15, -0.1) is 0 Å². The molecule has 0 aliphatic rings. The average Bonchev–Trinajstić information content (AvgIpc) is 2.81. The Morgan fingerprint density at radius 2 is 0.517 bits per heavy atom. The maximum atomic E-state index is 4.24. The van der Waals surface area contributed by atoms with Gasteiger partial charge in [-0.2, -0.15) is 0 Å². The van der Waals surface area contributed by atoms with Crippen LogP contribution in [0.25, 0.3) is 0 Å². The molecule has 3 heteroatoms. The molecule has 0 amide bonds. The minimum Gasteiger partial charge on any atom is -0.308 e. The second-order valence-corrected chi connectivity index (χ2v) is 9.98. The summed E-state index contributed by atoms with van der Waals surface area (Å²) < 4.78 is 0. The summed E-state index contributed by atoms with van der Waals surface area (Å²) in [6.07, 6.45) is 0. The maximum absolute atomic E-state index is 4.24. The molecule has 0 saturated heterocycles. The summed E-state index contributed by atoms with van der Waals surface area (Å²) in [5.41, 5.74) is 0. The smallest absolute Gasteiger partial charge is 0.308 e. The molecule has 0 bridgehead atoms. The van der Waals surface area contributed by atoms with Gasteiger partial charge in [0.15, 0.2) is 0 Å². The average molecular weight is 505 g/mol. The molecule has 0 unspecified atom stereocenters. The number of hydrogen-bond acceptors (Lipinski definition) is 0. The van der Waals surface area contributed by atoms with Gasteiger partial charge in [-0.3, -0.25) is 0 Å². The van der Waals surface area contributed by atoms with Gasteiger partial charge in [-0.1, -0.05) is 143 Å². The molecule has 0 atom stereocenters. The van der Waals surface area contributed by atoms with Gasteiger partial charge in [0, 0.05) is 0 Å². The standard InChI is InChI=1S/2C13H12P.Pd/c2*1-14(12-8-4-2-5-9-12)13-10-6-3-7-11-13;/h2*2-11H,1H2;/q2*-1;+2. The van der Waals surface area contributed by atoms with E-state index in [0.29, 0.717) is 0 Å². The van der Waals surface area contributed by atoms with E-state index in [1.54, 1.807) is 0 Å². The van der Waals surface area contributed by atoms with E-state index in [9.17, 15) is 0 Å². The van der Waals surface area contributed by atoms with E-state index in [1.807, 2.05) is 24.3 Å². The second kappa shape index (κ2) is 12.9. The summed E-state index contributed by atoms with van der Waals surface area (Å²) in [6.45, 7) is 8.49. The zero-order valence-electron chi connectivity index (χ0n) is 16.2. The van der Waals surface area contributed by atoms with Gasteiger partial charge in [-0.25, -0.2) is 15.8 Å². The van der Waals surface area contributed by atoms with Crippen LogP contribution < -0.4 is 21.2 Å². The molecule has 0 aliphatic carbocycles. The van der Waals surface area contributed by atoms with E-state index < -0.39 is 15.8 Å². The Labute approximate surface area is 191 Å². The third-order valence-corrected chi connectivity index (χ3v) is 7.96. The minimum atomic E-state index is -0.421. The van der Waals surface area contributed by atoms with Crippen LogP contribution in [0.3, 0.4) is 0 Å². The van der Waals surface area contributed by atoms with E-state index in [1.165, 1.54) is 21.2 Å². The van der Waals surface area contributed by atoms with Crippen molar-refractivity contribution in [3.05, 3.63) is 135 Å². The summed E-state index contributed by atoms with van der Waals surface area (Å²) in [7, 11) is -0.842. The summed E-state index contributed by atoms with van der Waals surface area (Å²) in [4.78, 5) is 0. The van der Waals surface area contributed by atoms with Crippen LogP contribution in [0.1, 0.15) is 0 Å². The van der Waals surface area contributed by atoms with Gasteiger partial charge in [-0.05, 0) is 0 Å². The first kappa shape index (κ1) is 23.7. The molecule has 0 aromatic heterocycles. The Morgan fingerprint density at radius 1 is 0.345 bits per heavy atom. The Hall–Kier alpha value is -1.60. The second-order valence-electron chi connectivity index (χ2n) is 6.20. The van der Waals surface area contributed by atoms with Crippen molar-refractivity contribution in [2.24, 2.45) is 0 Å². The molecule has 4 aromatic carbocycles. The van der Waals surface area contributed by atoms with Crippen molar-refractivity contribution >= 4 is 37.1 Å². The van der Waals surface area contributed by atoms with E-state index in [0.717, 1.165) is 0 Å². The molecule has 0 N–H and O–H groups in total. The van der Waals surface area contributed by atoms with Crippen LogP contribution in [-0.2, 0) is 20.4 Å². The normalized spacial score (nSPS) is 10.1. The number of hydrogen-bond donors (Lipinski definition) is 0. The number of benzene rings is 4. The molecule has 0 nitrogen and oxygen atoms in total. The number of rotatable bonds is 4. The van der Waals surface area contributed by atoms with Gasteiger partial charge in [0.05, 0.1) is 0 Å². The molecule has 148 valence electrons. The van der Waals surface area contributed by atoms with E-state index >= 15 is 0 Å². The molecule has 0 fully saturated rings. The van der Waals surface area contributed by atoms with Gasteiger partial charge in [0.1, 0.15) is 0 Å². The molecule has 4 rings (SSSR count). The first-order valence-corrected chi connectivity index (χ1v) is 12.2. The predicted molar refractivity (Wildman–Crippen MR) is 129 cm³/mol. The van der Waals surface area contributed by atoms with Crippen LogP contribution in [0.2, 0.25) is 0 Å². The third-order valence-electron chi connectivity index (χ3n) is 4.27. The molecule has 0 spiro atoms. The first-order valence-electron chi connectivity index (χ1n) is 9.17. The van der Waals surface area contributed by atoms with Crippen molar-refractivity contribution in [1.82, 2.24) is 0 Å². The van der Waals surface area contributed by atoms with Crippen LogP contribution in [0.5, 0.6) is 0 Å². The Morgan fingerprint density at radius 3 is 0.690 bits per heavy atom. The van der Waals surface area contributed by atoms with Crippen molar-refractivity contribution in [2.45, 2.75) is 0 Å². The summed E-state index contributed by atoms with van der Waals surface area (Å²) in [5, 5.41) is 5.31. The summed E-state index contributed by atoms with van der Waals surface area (Å²) >= 11 is 0. The van der Waals surface area contributed by atoms with Crippen LogP contribution in [0, 0.1) is 13.3 Å². The van der Waals surface area contributed by atoms with Gasteiger partial charge >= 0.3 is 20.4 Å². The van der Waals surface area contributed by atoms with Gasteiger partial charge in [0.25, 0.3) is 0 Å². The van der Waals surface area contributed by atoms with Crippen molar-refractivity contribution in [3.63, 3.8) is 0 Å². The fourth-order valence-corrected chi connectivity index (χ4v) is 5.45. The van der Waals surface area contributed by atoms with Gasteiger partial charge in [0.2, 0.25) is 0 Å². The van der Waals surface area contributed by atoms with Gasteiger partial charge < -0.3 is 13.3 Å². The minimum absolute atomic E-state index is 0. The largest absolute Gasteiger partial charge is 2.00 e. The first-order chi connectivity index (χ1) is 13.8. The molecular formula is C26H24P2Pd. The van der Waals surface area contributed by atoms with Crippen molar-refractivity contribution in [1.29, 1.82) is 0 Å². The van der Waals surface area contributed by atoms with Crippen LogP contribution in [-0.4, -0.2) is 0 Å².